The van der Waals surface area contributed by atoms with E-state index in [4.69, 9.17) is 0 Å². The Hall–Kier alpha value is -1.84. The van der Waals surface area contributed by atoms with Gasteiger partial charge in [0.1, 0.15) is 0 Å². The van der Waals surface area contributed by atoms with Crippen LogP contribution in [0.1, 0.15) is 50.5 Å². The van der Waals surface area contributed by atoms with Crippen molar-refractivity contribution in [2.75, 3.05) is 0 Å². The summed E-state index contributed by atoms with van der Waals surface area (Å²) in [5.74, 6) is 0.928. The number of aromatic nitrogens is 2. The number of hydrogen-bond donors (Lipinski definition) is 1. The molecule has 2 aromatic heterocycles. The maximum Gasteiger partial charge on any atom is 0.220 e. The molecule has 2 heterocycles. The molecule has 0 spiro atoms. The van der Waals surface area contributed by atoms with Crippen LogP contribution in [0.5, 0.6) is 0 Å². The number of nitrogens with zero attached hydrogens (tertiary/aromatic N) is 2. The molecule has 1 saturated carbocycles. The van der Waals surface area contributed by atoms with Crippen molar-refractivity contribution in [3.8, 4) is 0 Å². The van der Waals surface area contributed by atoms with Crippen LogP contribution in [0.15, 0.2) is 30.6 Å². The zero-order valence-electron chi connectivity index (χ0n) is 12.4. The summed E-state index contributed by atoms with van der Waals surface area (Å²) in [4.78, 5) is 12.0. The predicted molar refractivity (Wildman–Crippen MR) is 82.8 cm³/mol. The fourth-order valence-corrected chi connectivity index (χ4v) is 3.22. The Bertz CT molecular complexity index is 599. The van der Waals surface area contributed by atoms with Gasteiger partial charge < -0.3 is 5.32 Å². The van der Waals surface area contributed by atoms with E-state index in [1.165, 1.54) is 32.1 Å². The minimum absolute atomic E-state index is 0.163. The summed E-state index contributed by atoms with van der Waals surface area (Å²) in [6.07, 6.45) is 12.1. The Morgan fingerprint density at radius 2 is 2.14 bits per heavy atom. The third-order valence-electron chi connectivity index (χ3n) is 4.49. The fraction of sp³-hybridized carbons (Fsp3) is 0.529. The molecule has 1 fully saturated rings. The summed E-state index contributed by atoms with van der Waals surface area (Å²) in [6, 6.07) is 5.97. The highest BCUT2D eigenvalue weighted by Gasteiger charge is 2.14. The number of pyridine rings is 1. The number of nitrogens with one attached hydrogen (secondary N) is 1. The van der Waals surface area contributed by atoms with Crippen molar-refractivity contribution in [1.82, 2.24) is 14.9 Å². The minimum Gasteiger partial charge on any atom is -0.352 e. The molecule has 3 rings (SSSR count). The molecule has 0 atom stereocenters. The number of carbonyl (C=O) groups excluding carboxylic acids is 1. The Kier molecular flexibility index (Phi) is 4.53. The van der Waals surface area contributed by atoms with E-state index >= 15 is 0 Å². The third-order valence-corrected chi connectivity index (χ3v) is 4.49. The lowest BCUT2D eigenvalue weighted by molar-refractivity contribution is -0.121. The van der Waals surface area contributed by atoms with Crippen LogP contribution in [0, 0.1) is 5.92 Å². The largest absolute Gasteiger partial charge is 0.352 e. The van der Waals surface area contributed by atoms with E-state index < -0.39 is 0 Å². The van der Waals surface area contributed by atoms with Gasteiger partial charge in [0, 0.05) is 24.7 Å². The van der Waals surface area contributed by atoms with Crippen LogP contribution in [0.25, 0.3) is 5.52 Å². The van der Waals surface area contributed by atoms with Gasteiger partial charge in [0.2, 0.25) is 5.91 Å². The molecule has 0 bridgehead atoms. The smallest absolute Gasteiger partial charge is 0.220 e. The zero-order valence-corrected chi connectivity index (χ0v) is 12.4. The van der Waals surface area contributed by atoms with Crippen molar-refractivity contribution in [3.05, 3.63) is 36.2 Å². The topological polar surface area (TPSA) is 46.4 Å². The summed E-state index contributed by atoms with van der Waals surface area (Å²) in [7, 11) is 0. The monoisotopic (exact) mass is 285 g/mol. The maximum atomic E-state index is 12.0. The van der Waals surface area contributed by atoms with Crippen molar-refractivity contribution in [1.29, 1.82) is 0 Å². The van der Waals surface area contributed by atoms with Gasteiger partial charge in [-0.2, -0.15) is 5.10 Å². The minimum atomic E-state index is 0.163. The van der Waals surface area contributed by atoms with Crippen LogP contribution in [0.4, 0.5) is 0 Å². The average Bonchev–Trinajstić information content (AvgIpc) is 2.95. The Morgan fingerprint density at radius 3 is 3.00 bits per heavy atom. The molecule has 4 nitrogen and oxygen atoms in total. The molecule has 2 aromatic rings. The number of fused-ring (bicyclic) bond motifs is 1. The van der Waals surface area contributed by atoms with Crippen LogP contribution in [0.3, 0.4) is 0 Å². The van der Waals surface area contributed by atoms with Crippen LogP contribution in [0.2, 0.25) is 0 Å². The molecular formula is C17H23N3O. The van der Waals surface area contributed by atoms with E-state index in [0.717, 1.165) is 23.4 Å². The van der Waals surface area contributed by atoms with E-state index in [1.54, 1.807) is 0 Å². The van der Waals surface area contributed by atoms with Crippen molar-refractivity contribution in [2.45, 2.75) is 51.5 Å². The molecule has 1 N–H and O–H groups in total. The summed E-state index contributed by atoms with van der Waals surface area (Å²) in [5.41, 5.74) is 2.13. The first-order valence-corrected chi connectivity index (χ1v) is 8.01. The average molecular weight is 285 g/mol. The van der Waals surface area contributed by atoms with Gasteiger partial charge >= 0.3 is 0 Å². The van der Waals surface area contributed by atoms with Gasteiger partial charge in [-0.3, -0.25) is 4.79 Å². The summed E-state index contributed by atoms with van der Waals surface area (Å²) in [6.45, 7) is 0.566. The normalized spacial score (nSPS) is 16.2. The second kappa shape index (κ2) is 6.74. The molecule has 112 valence electrons. The molecular weight excluding hydrogens is 262 g/mol. The Morgan fingerprint density at radius 1 is 1.29 bits per heavy atom. The van der Waals surface area contributed by atoms with Crippen molar-refractivity contribution in [2.24, 2.45) is 5.92 Å². The van der Waals surface area contributed by atoms with Crippen LogP contribution < -0.4 is 5.32 Å². The number of hydrogen-bond acceptors (Lipinski definition) is 2. The van der Waals surface area contributed by atoms with Gasteiger partial charge in [-0.25, -0.2) is 4.52 Å². The third kappa shape index (κ3) is 3.63. The van der Waals surface area contributed by atoms with Gasteiger partial charge in [-0.1, -0.05) is 38.2 Å². The molecule has 0 aromatic carbocycles. The SMILES string of the molecule is O=C(CCC1CCCCC1)NCc1cnn2ccccc12. The predicted octanol–water partition coefficient (Wildman–Crippen LogP) is 3.31. The first-order valence-electron chi connectivity index (χ1n) is 8.01. The van der Waals surface area contributed by atoms with Crippen LogP contribution in [-0.4, -0.2) is 15.5 Å². The van der Waals surface area contributed by atoms with Crippen molar-refractivity contribution in [3.63, 3.8) is 0 Å². The molecule has 21 heavy (non-hydrogen) atoms. The first kappa shape index (κ1) is 14.1. The first-order chi connectivity index (χ1) is 10.3. The molecule has 0 radical (unpaired) electrons. The highest BCUT2D eigenvalue weighted by molar-refractivity contribution is 5.76. The summed E-state index contributed by atoms with van der Waals surface area (Å²) in [5, 5.41) is 7.31. The molecule has 1 aliphatic rings. The molecule has 1 amide bonds. The van der Waals surface area contributed by atoms with E-state index in [2.05, 4.69) is 10.4 Å². The van der Waals surface area contributed by atoms with E-state index in [-0.39, 0.29) is 5.91 Å². The second-order valence-electron chi connectivity index (χ2n) is 6.02. The molecule has 0 aliphatic heterocycles. The van der Waals surface area contributed by atoms with Gasteiger partial charge in [-0.05, 0) is 24.5 Å². The Balaban J connectivity index is 1.47. The molecule has 0 saturated heterocycles. The van der Waals surface area contributed by atoms with E-state index in [9.17, 15) is 4.79 Å². The lowest BCUT2D eigenvalue weighted by Gasteiger charge is -2.20. The van der Waals surface area contributed by atoms with Gasteiger partial charge in [0.05, 0.1) is 11.7 Å². The number of carbonyl (C=O) groups is 1. The molecule has 0 unspecified atom stereocenters. The number of rotatable bonds is 5. The highest BCUT2D eigenvalue weighted by Crippen LogP contribution is 2.27. The number of amides is 1. The van der Waals surface area contributed by atoms with Crippen LogP contribution >= 0.6 is 0 Å². The summed E-state index contributed by atoms with van der Waals surface area (Å²) >= 11 is 0. The molecule has 4 heteroatoms. The quantitative estimate of drug-likeness (QED) is 0.916. The van der Waals surface area contributed by atoms with Crippen molar-refractivity contribution >= 4 is 11.4 Å². The van der Waals surface area contributed by atoms with Crippen molar-refractivity contribution < 1.29 is 4.79 Å². The standard InChI is InChI=1S/C17H23N3O/c21-17(10-9-14-6-2-1-3-7-14)18-12-15-13-19-20-11-5-4-8-16(15)20/h4-5,8,11,13-14H,1-3,6-7,9-10,12H2,(H,18,21). The second-order valence-corrected chi connectivity index (χ2v) is 6.02. The van der Waals surface area contributed by atoms with E-state index in [0.29, 0.717) is 13.0 Å². The Labute approximate surface area is 125 Å². The summed E-state index contributed by atoms with van der Waals surface area (Å²) < 4.78 is 1.84. The maximum absolute atomic E-state index is 12.0. The lowest BCUT2D eigenvalue weighted by Crippen LogP contribution is -2.23. The highest BCUT2D eigenvalue weighted by atomic mass is 16.1. The van der Waals surface area contributed by atoms with Gasteiger partial charge in [0.15, 0.2) is 0 Å². The van der Waals surface area contributed by atoms with E-state index in [1.807, 2.05) is 35.1 Å². The molecule has 1 aliphatic carbocycles. The van der Waals surface area contributed by atoms with Crippen LogP contribution in [-0.2, 0) is 11.3 Å². The lowest BCUT2D eigenvalue weighted by atomic mass is 9.86. The fourth-order valence-electron chi connectivity index (χ4n) is 3.22. The van der Waals surface area contributed by atoms with Gasteiger partial charge in [0.25, 0.3) is 0 Å². The van der Waals surface area contributed by atoms with Gasteiger partial charge in [-0.15, -0.1) is 0 Å². The zero-order chi connectivity index (χ0) is 14.5.